The number of piperazine rings is 1. The summed E-state index contributed by atoms with van der Waals surface area (Å²) in [6, 6.07) is 0.231. The zero-order chi connectivity index (χ0) is 14.0. The standard InChI is InChI=1S/C13H23N3O3/c1-3-15-6-7-16(8-10(15)2)12(19)14-9-13(4-5-13)11(17)18/h10H,3-9H2,1-2H3,(H,14,19)(H,17,18). The van der Waals surface area contributed by atoms with Crippen molar-refractivity contribution in [3.05, 3.63) is 0 Å². The minimum Gasteiger partial charge on any atom is -0.481 e. The molecule has 0 aromatic carbocycles. The van der Waals surface area contributed by atoms with Gasteiger partial charge in [0.05, 0.1) is 5.41 Å². The van der Waals surface area contributed by atoms with Crippen molar-refractivity contribution in [1.29, 1.82) is 0 Å². The Morgan fingerprint density at radius 1 is 1.37 bits per heavy atom. The Labute approximate surface area is 113 Å². The fourth-order valence-electron chi connectivity index (χ4n) is 2.62. The highest BCUT2D eigenvalue weighted by Crippen LogP contribution is 2.45. The number of rotatable bonds is 4. The average Bonchev–Trinajstić information content (AvgIpc) is 3.17. The van der Waals surface area contributed by atoms with Crippen molar-refractivity contribution in [2.45, 2.75) is 32.7 Å². The molecule has 0 radical (unpaired) electrons. The summed E-state index contributed by atoms with van der Waals surface area (Å²) in [6.45, 7) is 7.79. The zero-order valence-corrected chi connectivity index (χ0v) is 11.7. The second-order valence-electron chi connectivity index (χ2n) is 5.67. The van der Waals surface area contributed by atoms with Crippen molar-refractivity contribution < 1.29 is 14.7 Å². The van der Waals surface area contributed by atoms with Crippen molar-refractivity contribution in [3.63, 3.8) is 0 Å². The Bertz CT molecular complexity index is 368. The summed E-state index contributed by atoms with van der Waals surface area (Å²) in [7, 11) is 0. The van der Waals surface area contributed by atoms with Crippen LogP contribution < -0.4 is 5.32 Å². The normalized spacial score (nSPS) is 26.0. The third-order valence-corrected chi connectivity index (χ3v) is 4.34. The van der Waals surface area contributed by atoms with E-state index in [4.69, 9.17) is 5.11 Å². The first-order valence-corrected chi connectivity index (χ1v) is 6.99. The highest BCUT2D eigenvalue weighted by Gasteiger charge is 2.50. The molecule has 2 amide bonds. The SMILES string of the molecule is CCN1CCN(C(=O)NCC2(C(=O)O)CC2)CC1C. The van der Waals surface area contributed by atoms with Crippen LogP contribution in [0.1, 0.15) is 26.7 Å². The predicted octanol–water partition coefficient (Wildman–Crippen LogP) is 0.587. The third kappa shape index (κ3) is 3.00. The average molecular weight is 269 g/mol. The van der Waals surface area contributed by atoms with E-state index < -0.39 is 11.4 Å². The van der Waals surface area contributed by atoms with E-state index in [1.165, 1.54) is 0 Å². The Morgan fingerprint density at radius 3 is 2.53 bits per heavy atom. The van der Waals surface area contributed by atoms with E-state index in [-0.39, 0.29) is 12.6 Å². The molecular weight excluding hydrogens is 246 g/mol. The minimum absolute atomic E-state index is 0.130. The van der Waals surface area contributed by atoms with E-state index in [1.54, 1.807) is 4.90 Å². The lowest BCUT2D eigenvalue weighted by atomic mass is 10.1. The van der Waals surface area contributed by atoms with Crippen molar-refractivity contribution in [2.24, 2.45) is 5.41 Å². The molecule has 1 saturated carbocycles. The van der Waals surface area contributed by atoms with Crippen molar-refractivity contribution in [1.82, 2.24) is 15.1 Å². The predicted molar refractivity (Wildman–Crippen MR) is 71.0 cm³/mol. The lowest BCUT2D eigenvalue weighted by Gasteiger charge is -2.39. The van der Waals surface area contributed by atoms with Gasteiger partial charge < -0.3 is 15.3 Å². The molecule has 1 saturated heterocycles. The maximum Gasteiger partial charge on any atom is 0.317 e. The van der Waals surface area contributed by atoms with Crippen LogP contribution in [0.25, 0.3) is 0 Å². The molecule has 1 atom stereocenters. The van der Waals surface area contributed by atoms with Crippen LogP contribution in [0.15, 0.2) is 0 Å². The fourth-order valence-corrected chi connectivity index (χ4v) is 2.62. The molecule has 0 spiro atoms. The van der Waals surface area contributed by atoms with Gasteiger partial charge in [-0.2, -0.15) is 0 Å². The molecule has 6 heteroatoms. The summed E-state index contributed by atoms with van der Waals surface area (Å²) < 4.78 is 0. The van der Waals surface area contributed by atoms with Crippen molar-refractivity contribution in [2.75, 3.05) is 32.7 Å². The number of nitrogens with one attached hydrogen (secondary N) is 1. The van der Waals surface area contributed by atoms with Gasteiger partial charge in [0.15, 0.2) is 0 Å². The van der Waals surface area contributed by atoms with Crippen LogP contribution in [-0.2, 0) is 4.79 Å². The molecule has 0 aromatic rings. The molecular formula is C13H23N3O3. The van der Waals surface area contributed by atoms with Crippen LogP contribution in [0.2, 0.25) is 0 Å². The molecule has 19 heavy (non-hydrogen) atoms. The van der Waals surface area contributed by atoms with Gasteiger partial charge in [-0.3, -0.25) is 9.69 Å². The summed E-state index contributed by atoms with van der Waals surface area (Å²) >= 11 is 0. The minimum atomic E-state index is -0.794. The van der Waals surface area contributed by atoms with Gasteiger partial charge in [-0.05, 0) is 26.3 Å². The largest absolute Gasteiger partial charge is 0.481 e. The van der Waals surface area contributed by atoms with Gasteiger partial charge >= 0.3 is 12.0 Å². The number of hydrogen-bond acceptors (Lipinski definition) is 3. The van der Waals surface area contributed by atoms with Gasteiger partial charge in [-0.1, -0.05) is 6.92 Å². The molecule has 1 heterocycles. The number of carbonyl (C=O) groups is 2. The molecule has 1 unspecified atom stereocenters. The zero-order valence-electron chi connectivity index (χ0n) is 11.7. The summed E-state index contributed by atoms with van der Waals surface area (Å²) in [6.07, 6.45) is 1.34. The Hall–Kier alpha value is -1.30. The molecule has 0 aromatic heterocycles. The number of carbonyl (C=O) groups excluding carboxylic acids is 1. The smallest absolute Gasteiger partial charge is 0.317 e. The number of likely N-dealkylation sites (N-methyl/N-ethyl adjacent to an activating group) is 1. The van der Waals surface area contributed by atoms with Crippen LogP contribution in [0.4, 0.5) is 4.79 Å². The van der Waals surface area contributed by atoms with Crippen LogP contribution >= 0.6 is 0 Å². The second kappa shape index (κ2) is 5.36. The van der Waals surface area contributed by atoms with Crippen molar-refractivity contribution in [3.8, 4) is 0 Å². The summed E-state index contributed by atoms with van der Waals surface area (Å²) in [5, 5.41) is 11.8. The first kappa shape index (κ1) is 14.1. The highest BCUT2D eigenvalue weighted by atomic mass is 16.4. The van der Waals surface area contributed by atoms with Crippen molar-refractivity contribution >= 4 is 12.0 Å². The van der Waals surface area contributed by atoms with E-state index in [1.807, 2.05) is 0 Å². The number of carboxylic acids is 1. The monoisotopic (exact) mass is 269 g/mol. The maximum absolute atomic E-state index is 12.0. The van der Waals surface area contributed by atoms with Gasteiger partial charge in [-0.15, -0.1) is 0 Å². The highest BCUT2D eigenvalue weighted by molar-refractivity contribution is 5.80. The molecule has 1 aliphatic heterocycles. The van der Waals surface area contributed by atoms with Crippen LogP contribution in [0, 0.1) is 5.41 Å². The van der Waals surface area contributed by atoms with Crippen LogP contribution in [-0.4, -0.2) is 65.7 Å². The molecule has 2 rings (SSSR count). The number of hydrogen-bond donors (Lipinski definition) is 2. The number of aliphatic carboxylic acids is 1. The molecule has 2 fully saturated rings. The summed E-state index contributed by atoms with van der Waals surface area (Å²) in [5.74, 6) is -0.794. The van der Waals surface area contributed by atoms with Gasteiger partial charge in [-0.25, -0.2) is 4.79 Å². The van der Waals surface area contributed by atoms with E-state index in [0.717, 1.165) is 13.1 Å². The Balaban J connectivity index is 1.80. The molecule has 0 bridgehead atoms. The Kier molecular flexibility index (Phi) is 3.99. The third-order valence-electron chi connectivity index (χ3n) is 4.34. The molecule has 2 N–H and O–H groups in total. The molecule has 108 valence electrons. The molecule has 2 aliphatic rings. The van der Waals surface area contributed by atoms with Crippen LogP contribution in [0.3, 0.4) is 0 Å². The van der Waals surface area contributed by atoms with Crippen LogP contribution in [0.5, 0.6) is 0 Å². The van der Waals surface area contributed by atoms with Gasteiger partial charge in [0.25, 0.3) is 0 Å². The Morgan fingerprint density at radius 2 is 2.05 bits per heavy atom. The second-order valence-corrected chi connectivity index (χ2v) is 5.67. The fraction of sp³-hybridized carbons (Fsp3) is 0.846. The first-order valence-electron chi connectivity index (χ1n) is 6.99. The van der Waals surface area contributed by atoms with E-state index in [2.05, 4.69) is 24.1 Å². The summed E-state index contributed by atoms with van der Waals surface area (Å²) in [4.78, 5) is 27.2. The van der Waals surface area contributed by atoms with E-state index in [0.29, 0.717) is 32.0 Å². The van der Waals surface area contributed by atoms with Gasteiger partial charge in [0, 0.05) is 32.2 Å². The first-order chi connectivity index (χ1) is 8.98. The van der Waals surface area contributed by atoms with Gasteiger partial charge in [0.2, 0.25) is 0 Å². The molecule has 6 nitrogen and oxygen atoms in total. The number of amides is 2. The lowest BCUT2D eigenvalue weighted by Crippen LogP contribution is -2.56. The number of nitrogens with zero attached hydrogens (tertiary/aromatic N) is 2. The number of carboxylic acid groups (broad SMARTS) is 1. The topological polar surface area (TPSA) is 72.9 Å². The summed E-state index contributed by atoms with van der Waals surface area (Å²) in [5.41, 5.74) is -0.688. The van der Waals surface area contributed by atoms with E-state index in [9.17, 15) is 9.59 Å². The quantitative estimate of drug-likeness (QED) is 0.783. The maximum atomic E-state index is 12.0. The number of urea groups is 1. The van der Waals surface area contributed by atoms with E-state index >= 15 is 0 Å². The molecule has 1 aliphatic carbocycles. The lowest BCUT2D eigenvalue weighted by molar-refractivity contribution is -0.143. The van der Waals surface area contributed by atoms with Gasteiger partial charge in [0.1, 0.15) is 0 Å².